The summed E-state index contributed by atoms with van der Waals surface area (Å²) >= 11 is 1.57. The minimum Gasteiger partial charge on any atom is -0.379 e. The van der Waals surface area contributed by atoms with Gasteiger partial charge < -0.3 is 4.74 Å². The average Bonchev–Trinajstić information content (AvgIpc) is 2.33. The second kappa shape index (κ2) is 7.34. The quantitative estimate of drug-likeness (QED) is 0.584. The maximum absolute atomic E-state index is 9.14. The van der Waals surface area contributed by atoms with Crippen LogP contribution in [0.15, 0.2) is 5.03 Å². The fourth-order valence-corrected chi connectivity index (χ4v) is 2.26. The van der Waals surface area contributed by atoms with Crippen molar-refractivity contribution in [3.63, 3.8) is 0 Å². The Bertz CT molecular complexity index is 441. The first-order valence-corrected chi connectivity index (χ1v) is 7.03. The van der Waals surface area contributed by atoms with Crippen LogP contribution in [-0.4, -0.2) is 28.7 Å². The van der Waals surface area contributed by atoms with E-state index in [0.717, 1.165) is 35.1 Å². The SMILES string of the molecule is Cc1nnc(SCCCOC(C)C)c(C#N)c1C. The number of nitriles is 1. The molecule has 4 nitrogen and oxygen atoms in total. The highest BCUT2D eigenvalue weighted by Crippen LogP contribution is 2.23. The van der Waals surface area contributed by atoms with Gasteiger partial charge in [0.2, 0.25) is 0 Å². The summed E-state index contributed by atoms with van der Waals surface area (Å²) in [7, 11) is 0. The smallest absolute Gasteiger partial charge is 0.137 e. The lowest BCUT2D eigenvalue weighted by Crippen LogP contribution is -2.05. The summed E-state index contributed by atoms with van der Waals surface area (Å²) in [5.74, 6) is 0.887. The van der Waals surface area contributed by atoms with Crippen LogP contribution in [0.4, 0.5) is 0 Å². The topological polar surface area (TPSA) is 58.8 Å². The highest BCUT2D eigenvalue weighted by molar-refractivity contribution is 7.99. The molecule has 0 saturated heterocycles. The Morgan fingerprint density at radius 2 is 2.06 bits per heavy atom. The molecular formula is C13H19N3OS. The Balaban J connectivity index is 2.53. The molecule has 0 fully saturated rings. The first kappa shape index (κ1) is 14.9. The molecule has 0 spiro atoms. The molecule has 0 unspecified atom stereocenters. The summed E-state index contributed by atoms with van der Waals surface area (Å²) in [6.45, 7) is 8.57. The summed E-state index contributed by atoms with van der Waals surface area (Å²) in [5, 5.41) is 18.0. The molecule has 0 N–H and O–H groups in total. The van der Waals surface area contributed by atoms with Gasteiger partial charge in [0.25, 0.3) is 0 Å². The van der Waals surface area contributed by atoms with E-state index in [1.54, 1.807) is 11.8 Å². The van der Waals surface area contributed by atoms with Gasteiger partial charge in [-0.2, -0.15) is 10.4 Å². The maximum Gasteiger partial charge on any atom is 0.137 e. The predicted molar refractivity (Wildman–Crippen MR) is 72.7 cm³/mol. The van der Waals surface area contributed by atoms with Gasteiger partial charge >= 0.3 is 0 Å². The number of aryl methyl sites for hydroxylation is 1. The number of nitrogens with zero attached hydrogens (tertiary/aromatic N) is 3. The highest BCUT2D eigenvalue weighted by Gasteiger charge is 2.10. The molecular weight excluding hydrogens is 246 g/mol. The van der Waals surface area contributed by atoms with Crippen molar-refractivity contribution in [3.05, 3.63) is 16.8 Å². The molecule has 5 heteroatoms. The maximum atomic E-state index is 9.14. The van der Waals surface area contributed by atoms with Gasteiger partial charge in [-0.1, -0.05) is 0 Å². The Kier molecular flexibility index (Phi) is 6.10. The van der Waals surface area contributed by atoms with E-state index in [2.05, 4.69) is 16.3 Å². The number of aromatic nitrogens is 2. The molecule has 0 radical (unpaired) electrons. The number of thioether (sulfide) groups is 1. The largest absolute Gasteiger partial charge is 0.379 e. The van der Waals surface area contributed by atoms with E-state index in [9.17, 15) is 0 Å². The van der Waals surface area contributed by atoms with Gasteiger partial charge in [-0.25, -0.2) is 0 Å². The summed E-state index contributed by atoms with van der Waals surface area (Å²) in [6.07, 6.45) is 1.22. The first-order valence-electron chi connectivity index (χ1n) is 6.04. The summed E-state index contributed by atoms with van der Waals surface area (Å²) in [4.78, 5) is 0. The number of hydrogen-bond acceptors (Lipinski definition) is 5. The lowest BCUT2D eigenvalue weighted by Gasteiger charge is -2.08. The molecule has 1 heterocycles. The number of hydrogen-bond donors (Lipinski definition) is 0. The third-order valence-electron chi connectivity index (χ3n) is 2.51. The molecule has 1 aromatic heterocycles. The molecule has 0 saturated carbocycles. The van der Waals surface area contributed by atoms with Gasteiger partial charge in [0.05, 0.1) is 17.4 Å². The van der Waals surface area contributed by atoms with Gasteiger partial charge in [-0.05, 0) is 39.7 Å². The van der Waals surface area contributed by atoms with Crippen molar-refractivity contribution in [3.8, 4) is 6.07 Å². The highest BCUT2D eigenvalue weighted by atomic mass is 32.2. The van der Waals surface area contributed by atoms with Crippen molar-refractivity contribution in [2.24, 2.45) is 0 Å². The second-order valence-electron chi connectivity index (χ2n) is 4.32. The lowest BCUT2D eigenvalue weighted by atomic mass is 10.1. The molecule has 1 rings (SSSR count). The molecule has 18 heavy (non-hydrogen) atoms. The van der Waals surface area contributed by atoms with Gasteiger partial charge in [0, 0.05) is 12.4 Å². The van der Waals surface area contributed by atoms with Crippen molar-refractivity contribution >= 4 is 11.8 Å². The van der Waals surface area contributed by atoms with Crippen LogP contribution < -0.4 is 0 Å². The summed E-state index contributed by atoms with van der Waals surface area (Å²) in [5.41, 5.74) is 2.39. The van der Waals surface area contributed by atoms with E-state index in [1.807, 2.05) is 27.7 Å². The van der Waals surface area contributed by atoms with Crippen molar-refractivity contribution < 1.29 is 4.74 Å². The normalized spacial score (nSPS) is 10.7. The van der Waals surface area contributed by atoms with Gasteiger partial charge in [0.15, 0.2) is 0 Å². The fraction of sp³-hybridized carbons (Fsp3) is 0.615. The van der Waals surface area contributed by atoms with Crippen molar-refractivity contribution in [2.45, 2.75) is 45.2 Å². The number of ether oxygens (including phenoxy) is 1. The molecule has 0 aromatic carbocycles. The zero-order valence-corrected chi connectivity index (χ0v) is 12.2. The zero-order valence-electron chi connectivity index (χ0n) is 11.4. The molecule has 0 aliphatic carbocycles. The Morgan fingerprint density at radius 1 is 1.33 bits per heavy atom. The summed E-state index contributed by atoms with van der Waals surface area (Å²) < 4.78 is 5.46. The average molecular weight is 265 g/mol. The standard InChI is InChI=1S/C13H19N3OS/c1-9(2)17-6-5-7-18-13-12(8-14)10(3)11(4)15-16-13/h9H,5-7H2,1-4H3. The summed E-state index contributed by atoms with van der Waals surface area (Å²) in [6, 6.07) is 2.21. The molecule has 0 atom stereocenters. The minimum absolute atomic E-state index is 0.270. The fourth-order valence-electron chi connectivity index (χ4n) is 1.37. The second-order valence-corrected chi connectivity index (χ2v) is 5.41. The zero-order chi connectivity index (χ0) is 13.5. The van der Waals surface area contributed by atoms with E-state index in [1.165, 1.54) is 0 Å². The van der Waals surface area contributed by atoms with Crippen molar-refractivity contribution in [2.75, 3.05) is 12.4 Å². The van der Waals surface area contributed by atoms with Crippen LogP contribution in [0.1, 0.15) is 37.1 Å². The van der Waals surface area contributed by atoms with E-state index < -0.39 is 0 Å². The van der Waals surface area contributed by atoms with Gasteiger partial charge in [-0.15, -0.1) is 16.9 Å². The van der Waals surface area contributed by atoms with E-state index in [4.69, 9.17) is 10.00 Å². The van der Waals surface area contributed by atoms with Crippen LogP contribution in [0.3, 0.4) is 0 Å². The predicted octanol–water partition coefficient (Wildman–Crippen LogP) is 2.87. The first-order chi connectivity index (χ1) is 8.56. The minimum atomic E-state index is 0.270. The Labute approximate surface area is 113 Å². The van der Waals surface area contributed by atoms with Crippen LogP contribution in [0.25, 0.3) is 0 Å². The van der Waals surface area contributed by atoms with Crippen LogP contribution in [0, 0.1) is 25.2 Å². The Morgan fingerprint density at radius 3 is 2.67 bits per heavy atom. The van der Waals surface area contributed by atoms with Crippen LogP contribution in [-0.2, 0) is 4.74 Å². The molecule has 1 aromatic rings. The van der Waals surface area contributed by atoms with E-state index in [0.29, 0.717) is 5.56 Å². The third-order valence-corrected chi connectivity index (χ3v) is 3.56. The molecule has 0 bridgehead atoms. The van der Waals surface area contributed by atoms with Crippen molar-refractivity contribution in [1.29, 1.82) is 5.26 Å². The van der Waals surface area contributed by atoms with E-state index in [-0.39, 0.29) is 6.10 Å². The third kappa shape index (κ3) is 4.28. The van der Waals surface area contributed by atoms with Crippen LogP contribution >= 0.6 is 11.8 Å². The monoisotopic (exact) mass is 265 g/mol. The van der Waals surface area contributed by atoms with Crippen molar-refractivity contribution in [1.82, 2.24) is 10.2 Å². The Hall–Kier alpha value is -1.12. The van der Waals surface area contributed by atoms with Gasteiger partial charge in [0.1, 0.15) is 11.1 Å². The molecule has 0 aliphatic heterocycles. The molecule has 0 amide bonds. The molecule has 98 valence electrons. The molecule has 0 aliphatic rings. The van der Waals surface area contributed by atoms with E-state index >= 15 is 0 Å². The number of rotatable bonds is 6. The lowest BCUT2D eigenvalue weighted by molar-refractivity contribution is 0.0799. The van der Waals surface area contributed by atoms with Crippen LogP contribution in [0.2, 0.25) is 0 Å². The van der Waals surface area contributed by atoms with Gasteiger partial charge in [-0.3, -0.25) is 0 Å². The van der Waals surface area contributed by atoms with Crippen LogP contribution in [0.5, 0.6) is 0 Å².